The fourth-order valence-corrected chi connectivity index (χ4v) is 4.11. The van der Waals surface area contributed by atoms with E-state index in [2.05, 4.69) is 10.2 Å². The fourth-order valence-electron chi connectivity index (χ4n) is 4.11. The highest BCUT2D eigenvalue weighted by molar-refractivity contribution is 6.11. The summed E-state index contributed by atoms with van der Waals surface area (Å²) in [5.41, 5.74) is 4.63. The number of fused-ring (bicyclic) bond motifs is 1. The molecule has 152 valence electrons. The molecule has 2 heterocycles. The monoisotopic (exact) mass is 410 g/mol. The molecule has 1 unspecified atom stereocenters. The van der Waals surface area contributed by atoms with Crippen molar-refractivity contribution in [3.8, 4) is 11.3 Å². The van der Waals surface area contributed by atoms with Gasteiger partial charge in [-0.1, -0.05) is 60.2 Å². The van der Waals surface area contributed by atoms with Crippen LogP contribution < -0.4 is 4.90 Å². The molecule has 0 saturated carbocycles. The van der Waals surface area contributed by atoms with Crippen LogP contribution in [0.4, 0.5) is 11.4 Å². The van der Waals surface area contributed by atoms with Crippen molar-refractivity contribution in [2.24, 2.45) is 0 Å². The zero-order chi connectivity index (χ0) is 21.5. The van der Waals surface area contributed by atoms with Crippen LogP contribution in [0.3, 0.4) is 0 Å². The quantitative estimate of drug-likeness (QED) is 0.377. The van der Waals surface area contributed by atoms with Crippen LogP contribution in [0.15, 0.2) is 78.9 Å². The maximum atomic E-state index is 13.4. The molecule has 0 spiro atoms. The number of hydrogen-bond donors (Lipinski definition) is 1. The van der Waals surface area contributed by atoms with Gasteiger partial charge in [0.2, 0.25) is 0 Å². The summed E-state index contributed by atoms with van der Waals surface area (Å²) in [6.45, 7) is 2.00. The Morgan fingerprint density at radius 2 is 1.65 bits per heavy atom. The van der Waals surface area contributed by atoms with Crippen molar-refractivity contribution in [2.75, 3.05) is 4.90 Å². The van der Waals surface area contributed by atoms with E-state index in [1.807, 2.05) is 61.5 Å². The lowest BCUT2D eigenvalue weighted by Gasteiger charge is -2.26. The Bertz CT molecular complexity index is 1300. The van der Waals surface area contributed by atoms with Crippen LogP contribution in [0.25, 0.3) is 11.3 Å². The average Bonchev–Trinajstić information content (AvgIpc) is 3.34. The number of rotatable bonds is 4. The first-order valence-electron chi connectivity index (χ1n) is 9.83. The number of amides is 1. The maximum absolute atomic E-state index is 13.4. The van der Waals surface area contributed by atoms with Gasteiger partial charge in [0, 0.05) is 22.9 Å². The van der Waals surface area contributed by atoms with Gasteiger partial charge in [0.05, 0.1) is 22.2 Å². The van der Waals surface area contributed by atoms with Crippen LogP contribution in [0, 0.1) is 17.0 Å². The molecule has 7 nitrogen and oxygen atoms in total. The minimum atomic E-state index is -0.679. The van der Waals surface area contributed by atoms with Gasteiger partial charge in [-0.05, 0) is 25.1 Å². The number of nitro groups is 1. The number of H-pyrrole nitrogens is 1. The number of hydrogen-bond acceptors (Lipinski definition) is 4. The Kier molecular flexibility index (Phi) is 4.36. The molecule has 1 N–H and O–H groups in total. The highest BCUT2D eigenvalue weighted by Crippen LogP contribution is 2.46. The SMILES string of the molecule is Cc1ccc(-c2n[nH]c3c2C(c2ccccc2[N+](=O)[O-])N(c2ccccc2)C3=O)cc1. The lowest BCUT2D eigenvalue weighted by molar-refractivity contribution is -0.385. The maximum Gasteiger partial charge on any atom is 0.277 e. The van der Waals surface area contributed by atoms with Gasteiger partial charge in [0.25, 0.3) is 11.6 Å². The Morgan fingerprint density at radius 3 is 2.35 bits per heavy atom. The van der Waals surface area contributed by atoms with Crippen LogP contribution in [-0.4, -0.2) is 21.0 Å². The number of aromatic amines is 1. The summed E-state index contributed by atoms with van der Waals surface area (Å²) in [5.74, 6) is -0.268. The molecule has 3 aromatic carbocycles. The number of carbonyl (C=O) groups excluding carboxylic acids is 1. The number of para-hydroxylation sites is 2. The zero-order valence-electron chi connectivity index (χ0n) is 16.6. The highest BCUT2D eigenvalue weighted by Gasteiger charge is 2.45. The molecule has 4 aromatic rings. The summed E-state index contributed by atoms with van der Waals surface area (Å²) in [5, 5.41) is 19.1. The summed E-state index contributed by atoms with van der Waals surface area (Å²) < 4.78 is 0. The third kappa shape index (κ3) is 2.98. The molecule has 5 rings (SSSR count). The first kappa shape index (κ1) is 18.7. The molecule has 1 aliphatic heterocycles. The number of carbonyl (C=O) groups is 1. The summed E-state index contributed by atoms with van der Waals surface area (Å²) in [7, 11) is 0. The standard InChI is InChI=1S/C24H18N4O3/c1-15-11-13-16(14-12-15)21-20-22(26-25-21)24(29)27(17-7-3-2-4-8-17)23(20)18-9-5-6-10-19(18)28(30)31/h2-14,23H,1H3,(H,25,26). The number of nitro benzene ring substituents is 1. The van der Waals surface area contributed by atoms with Gasteiger partial charge in [-0.3, -0.25) is 24.9 Å². The smallest absolute Gasteiger partial charge is 0.277 e. The Morgan fingerprint density at radius 1 is 0.968 bits per heavy atom. The Balaban J connectivity index is 1.77. The van der Waals surface area contributed by atoms with Gasteiger partial charge in [-0.2, -0.15) is 5.10 Å². The molecule has 0 fully saturated rings. The van der Waals surface area contributed by atoms with Crippen molar-refractivity contribution in [3.63, 3.8) is 0 Å². The molecule has 0 radical (unpaired) electrons. The van der Waals surface area contributed by atoms with E-state index in [9.17, 15) is 14.9 Å². The Labute approximate surface area is 178 Å². The molecule has 1 atom stereocenters. The van der Waals surface area contributed by atoms with Gasteiger partial charge in [0.1, 0.15) is 5.69 Å². The van der Waals surface area contributed by atoms with Crippen molar-refractivity contribution < 1.29 is 9.72 Å². The van der Waals surface area contributed by atoms with E-state index in [0.29, 0.717) is 28.2 Å². The third-order valence-corrected chi connectivity index (χ3v) is 5.56. The van der Waals surface area contributed by atoms with Crippen LogP contribution in [0.5, 0.6) is 0 Å². The first-order chi connectivity index (χ1) is 15.1. The van der Waals surface area contributed by atoms with Gasteiger partial charge in [-0.15, -0.1) is 0 Å². The molecule has 7 heteroatoms. The van der Waals surface area contributed by atoms with Gasteiger partial charge in [0.15, 0.2) is 0 Å². The second kappa shape index (κ2) is 7.21. The zero-order valence-corrected chi connectivity index (χ0v) is 16.6. The third-order valence-electron chi connectivity index (χ3n) is 5.56. The minimum absolute atomic E-state index is 0.0369. The molecule has 1 aromatic heterocycles. The topological polar surface area (TPSA) is 92.1 Å². The lowest BCUT2D eigenvalue weighted by Crippen LogP contribution is -2.29. The summed E-state index contributed by atoms with van der Waals surface area (Å²) in [4.78, 5) is 26.5. The molecular formula is C24H18N4O3. The van der Waals surface area contributed by atoms with Crippen LogP contribution in [0.2, 0.25) is 0 Å². The minimum Gasteiger partial charge on any atom is -0.295 e. The van der Waals surface area contributed by atoms with E-state index >= 15 is 0 Å². The van der Waals surface area contributed by atoms with E-state index in [0.717, 1.165) is 11.1 Å². The Hall–Kier alpha value is -4.26. The van der Waals surface area contributed by atoms with Crippen LogP contribution in [0.1, 0.15) is 33.2 Å². The van der Waals surface area contributed by atoms with E-state index in [1.165, 1.54) is 6.07 Å². The number of anilines is 1. The number of aryl methyl sites for hydroxylation is 1. The number of benzene rings is 3. The first-order valence-corrected chi connectivity index (χ1v) is 9.83. The van der Waals surface area contributed by atoms with E-state index < -0.39 is 11.0 Å². The second-order valence-electron chi connectivity index (χ2n) is 7.46. The molecule has 1 aliphatic rings. The molecule has 1 amide bonds. The van der Waals surface area contributed by atoms with E-state index in [1.54, 1.807) is 23.1 Å². The van der Waals surface area contributed by atoms with Gasteiger partial charge >= 0.3 is 0 Å². The predicted octanol–water partition coefficient (Wildman–Crippen LogP) is 5.04. The second-order valence-corrected chi connectivity index (χ2v) is 7.46. The van der Waals surface area contributed by atoms with Crippen LogP contribution >= 0.6 is 0 Å². The summed E-state index contributed by atoms with van der Waals surface area (Å²) in [6.07, 6.45) is 0. The predicted molar refractivity (Wildman–Crippen MR) is 117 cm³/mol. The summed E-state index contributed by atoms with van der Waals surface area (Å²) in [6, 6.07) is 22.9. The summed E-state index contributed by atoms with van der Waals surface area (Å²) >= 11 is 0. The van der Waals surface area contributed by atoms with Crippen molar-refractivity contribution >= 4 is 17.3 Å². The normalized spacial score (nSPS) is 15.2. The average molecular weight is 410 g/mol. The van der Waals surface area contributed by atoms with Gasteiger partial charge in [-0.25, -0.2) is 0 Å². The number of nitrogens with one attached hydrogen (secondary N) is 1. The molecule has 0 aliphatic carbocycles. The molecule has 31 heavy (non-hydrogen) atoms. The van der Waals surface area contributed by atoms with Crippen molar-refractivity contribution in [1.29, 1.82) is 0 Å². The van der Waals surface area contributed by atoms with Crippen molar-refractivity contribution in [3.05, 3.63) is 111 Å². The number of nitrogens with zero attached hydrogens (tertiary/aromatic N) is 3. The number of aromatic nitrogens is 2. The molecule has 0 bridgehead atoms. The van der Waals surface area contributed by atoms with E-state index in [-0.39, 0.29) is 11.6 Å². The molecule has 0 saturated heterocycles. The lowest BCUT2D eigenvalue weighted by atomic mass is 9.94. The fraction of sp³-hybridized carbons (Fsp3) is 0.0833. The van der Waals surface area contributed by atoms with E-state index in [4.69, 9.17) is 0 Å². The van der Waals surface area contributed by atoms with Crippen molar-refractivity contribution in [2.45, 2.75) is 13.0 Å². The highest BCUT2D eigenvalue weighted by atomic mass is 16.6. The van der Waals surface area contributed by atoms with Crippen LogP contribution in [-0.2, 0) is 0 Å². The van der Waals surface area contributed by atoms with Gasteiger partial charge < -0.3 is 0 Å². The largest absolute Gasteiger partial charge is 0.295 e. The van der Waals surface area contributed by atoms with Crippen molar-refractivity contribution in [1.82, 2.24) is 10.2 Å². The molecular weight excluding hydrogens is 392 g/mol.